The van der Waals surface area contributed by atoms with E-state index in [1.54, 1.807) is 48.5 Å². The molecule has 0 aliphatic heterocycles. The van der Waals surface area contributed by atoms with Crippen LogP contribution < -0.4 is 20.2 Å². The lowest BCUT2D eigenvalue weighted by Crippen LogP contribution is -2.34. The molecule has 8 nitrogen and oxygen atoms in total. The Morgan fingerprint density at radius 2 is 1.74 bits per heavy atom. The van der Waals surface area contributed by atoms with Gasteiger partial charge in [0.15, 0.2) is 11.5 Å². The van der Waals surface area contributed by atoms with Crippen molar-refractivity contribution in [1.29, 1.82) is 0 Å². The predicted molar refractivity (Wildman–Crippen MR) is 129 cm³/mol. The number of carbonyl (C=O) groups excluding carboxylic acids is 3. The van der Waals surface area contributed by atoms with Gasteiger partial charge in [0.05, 0.1) is 25.4 Å². The van der Waals surface area contributed by atoms with Crippen molar-refractivity contribution in [2.24, 2.45) is 5.10 Å². The number of nitrogens with zero attached hydrogens (tertiary/aromatic N) is 1. The van der Waals surface area contributed by atoms with Crippen LogP contribution in [-0.4, -0.2) is 37.7 Å². The molecule has 0 aliphatic rings. The molecule has 9 heteroatoms. The van der Waals surface area contributed by atoms with Gasteiger partial charge in [-0.2, -0.15) is 5.10 Å². The summed E-state index contributed by atoms with van der Waals surface area (Å²) in [5.74, 6) is -0.876. The number of rotatable bonds is 8. The molecule has 174 valence electrons. The Hall–Kier alpha value is -4.17. The number of benzene rings is 3. The van der Waals surface area contributed by atoms with Gasteiger partial charge in [-0.15, -0.1) is 0 Å². The third-order valence-corrected chi connectivity index (χ3v) is 4.81. The van der Waals surface area contributed by atoms with Crippen LogP contribution in [-0.2, 0) is 4.79 Å². The number of hydrazone groups is 1. The highest BCUT2D eigenvalue weighted by molar-refractivity contribution is 6.31. The zero-order chi connectivity index (χ0) is 24.5. The molecule has 0 fully saturated rings. The topological polar surface area (TPSA) is 106 Å². The molecule has 0 spiro atoms. The predicted octanol–water partition coefficient (Wildman–Crippen LogP) is 3.76. The van der Waals surface area contributed by atoms with Gasteiger partial charge in [-0.05, 0) is 61.0 Å². The highest BCUT2D eigenvalue weighted by Crippen LogP contribution is 2.28. The van der Waals surface area contributed by atoms with Crippen LogP contribution in [0.4, 0.5) is 0 Å². The Balaban J connectivity index is 1.54. The Kier molecular flexibility index (Phi) is 8.37. The second-order valence-electron chi connectivity index (χ2n) is 7.15. The molecule has 0 saturated carbocycles. The molecule has 2 amide bonds. The van der Waals surface area contributed by atoms with E-state index >= 15 is 0 Å². The number of hydrogen-bond donors (Lipinski definition) is 2. The third kappa shape index (κ3) is 6.91. The van der Waals surface area contributed by atoms with Gasteiger partial charge in [-0.25, -0.2) is 10.2 Å². The fourth-order valence-corrected chi connectivity index (χ4v) is 3.00. The van der Waals surface area contributed by atoms with Gasteiger partial charge in [0.1, 0.15) is 0 Å². The lowest BCUT2D eigenvalue weighted by Gasteiger charge is -2.10. The molecule has 0 heterocycles. The summed E-state index contributed by atoms with van der Waals surface area (Å²) in [4.78, 5) is 36.3. The van der Waals surface area contributed by atoms with Gasteiger partial charge in [0.25, 0.3) is 11.8 Å². The van der Waals surface area contributed by atoms with Crippen LogP contribution in [0.5, 0.6) is 11.5 Å². The summed E-state index contributed by atoms with van der Waals surface area (Å²) in [6, 6.07) is 18.2. The molecular weight excluding hydrogens is 458 g/mol. The summed E-state index contributed by atoms with van der Waals surface area (Å²) in [6.45, 7) is 1.66. The number of esters is 1. The maximum atomic E-state index is 12.4. The van der Waals surface area contributed by atoms with E-state index in [1.165, 1.54) is 19.4 Å². The van der Waals surface area contributed by atoms with Crippen LogP contribution in [0, 0.1) is 6.92 Å². The number of amides is 2. The molecular formula is C25H22ClN3O5. The van der Waals surface area contributed by atoms with Gasteiger partial charge in [-0.3, -0.25) is 9.59 Å². The quantitative estimate of drug-likeness (QED) is 0.221. The van der Waals surface area contributed by atoms with Crippen molar-refractivity contribution in [3.8, 4) is 11.5 Å². The van der Waals surface area contributed by atoms with Crippen LogP contribution in [0.3, 0.4) is 0 Å². The van der Waals surface area contributed by atoms with Crippen molar-refractivity contribution in [3.05, 3.63) is 94.0 Å². The molecule has 0 saturated heterocycles. The first kappa shape index (κ1) is 24.5. The summed E-state index contributed by atoms with van der Waals surface area (Å²) in [6.07, 6.45) is 1.39. The van der Waals surface area contributed by atoms with Crippen LogP contribution in [0.2, 0.25) is 5.02 Å². The number of aryl methyl sites for hydroxylation is 1. The second kappa shape index (κ2) is 11.6. The molecule has 34 heavy (non-hydrogen) atoms. The summed E-state index contributed by atoms with van der Waals surface area (Å²) in [7, 11) is 1.45. The average molecular weight is 480 g/mol. The van der Waals surface area contributed by atoms with Gasteiger partial charge in [0.2, 0.25) is 0 Å². The lowest BCUT2D eigenvalue weighted by molar-refractivity contribution is -0.120. The van der Waals surface area contributed by atoms with E-state index in [4.69, 9.17) is 21.1 Å². The van der Waals surface area contributed by atoms with Crippen LogP contribution >= 0.6 is 11.6 Å². The molecule has 3 aromatic carbocycles. The first-order chi connectivity index (χ1) is 16.4. The summed E-state index contributed by atoms with van der Waals surface area (Å²) >= 11 is 5.86. The molecule has 0 radical (unpaired) electrons. The van der Waals surface area contributed by atoms with Gasteiger partial charge in [-0.1, -0.05) is 35.4 Å². The van der Waals surface area contributed by atoms with Crippen LogP contribution in [0.25, 0.3) is 0 Å². The second-order valence-corrected chi connectivity index (χ2v) is 7.59. The SMILES string of the molecule is COc1cc(/C=N\NC(=O)CNC(=O)c2cccc(Cl)c2)ccc1OC(=O)c1ccc(C)cc1. The zero-order valence-electron chi connectivity index (χ0n) is 18.5. The largest absolute Gasteiger partial charge is 0.493 e. The Labute approximate surface area is 201 Å². The Morgan fingerprint density at radius 1 is 0.971 bits per heavy atom. The first-order valence-electron chi connectivity index (χ1n) is 10.2. The van der Waals surface area contributed by atoms with Crippen LogP contribution in [0.15, 0.2) is 71.8 Å². The van der Waals surface area contributed by atoms with Crippen molar-refractivity contribution >= 4 is 35.6 Å². The fourth-order valence-electron chi connectivity index (χ4n) is 2.81. The first-order valence-corrected chi connectivity index (χ1v) is 10.6. The fraction of sp³-hybridized carbons (Fsp3) is 0.120. The standard InChI is InChI=1S/C25H22ClN3O5/c1-16-6-9-18(10-7-16)25(32)34-21-11-8-17(12-22(21)33-2)14-28-29-23(30)15-27-24(31)19-4-3-5-20(26)13-19/h3-14H,15H2,1-2H3,(H,27,31)(H,29,30)/b28-14-. The molecule has 2 N–H and O–H groups in total. The van der Waals surface area contributed by atoms with Gasteiger partial charge in [0, 0.05) is 10.6 Å². The third-order valence-electron chi connectivity index (χ3n) is 4.58. The Morgan fingerprint density at radius 3 is 2.44 bits per heavy atom. The zero-order valence-corrected chi connectivity index (χ0v) is 19.3. The van der Waals surface area contributed by atoms with Gasteiger partial charge >= 0.3 is 5.97 Å². The van der Waals surface area contributed by atoms with E-state index in [1.807, 2.05) is 19.1 Å². The van der Waals surface area contributed by atoms with Crippen molar-refractivity contribution in [3.63, 3.8) is 0 Å². The lowest BCUT2D eigenvalue weighted by atomic mass is 10.1. The average Bonchev–Trinajstić information content (AvgIpc) is 2.83. The minimum absolute atomic E-state index is 0.248. The van der Waals surface area contributed by atoms with Crippen molar-refractivity contribution < 1.29 is 23.9 Å². The molecule has 0 aliphatic carbocycles. The molecule has 0 unspecified atom stereocenters. The molecule has 0 aromatic heterocycles. The molecule has 0 bridgehead atoms. The number of halogens is 1. The van der Waals surface area contributed by atoms with Crippen molar-refractivity contribution in [2.45, 2.75) is 6.92 Å². The maximum absolute atomic E-state index is 12.4. The number of methoxy groups -OCH3 is 1. The number of nitrogens with one attached hydrogen (secondary N) is 2. The van der Waals surface area contributed by atoms with Crippen molar-refractivity contribution in [2.75, 3.05) is 13.7 Å². The van der Waals surface area contributed by atoms with E-state index in [-0.39, 0.29) is 12.3 Å². The Bertz CT molecular complexity index is 1230. The maximum Gasteiger partial charge on any atom is 0.343 e. The highest BCUT2D eigenvalue weighted by atomic mass is 35.5. The minimum Gasteiger partial charge on any atom is -0.493 e. The smallest absolute Gasteiger partial charge is 0.343 e. The van der Waals surface area contributed by atoms with Gasteiger partial charge < -0.3 is 14.8 Å². The summed E-state index contributed by atoms with van der Waals surface area (Å²) in [5, 5.41) is 6.78. The van der Waals surface area contributed by atoms with E-state index in [0.717, 1.165) is 5.56 Å². The number of ether oxygens (including phenoxy) is 2. The van der Waals surface area contributed by atoms with Crippen LogP contribution in [0.1, 0.15) is 31.8 Å². The normalized spacial score (nSPS) is 10.6. The molecule has 3 rings (SSSR count). The summed E-state index contributed by atoms with van der Waals surface area (Å²) in [5.41, 5.74) is 4.72. The molecule has 0 atom stereocenters. The molecule has 3 aromatic rings. The number of hydrogen-bond acceptors (Lipinski definition) is 6. The number of carbonyl (C=O) groups is 3. The summed E-state index contributed by atoms with van der Waals surface area (Å²) < 4.78 is 10.7. The van der Waals surface area contributed by atoms with E-state index in [0.29, 0.717) is 27.5 Å². The van der Waals surface area contributed by atoms with E-state index in [2.05, 4.69) is 15.8 Å². The van der Waals surface area contributed by atoms with E-state index < -0.39 is 17.8 Å². The van der Waals surface area contributed by atoms with Crippen molar-refractivity contribution in [1.82, 2.24) is 10.7 Å². The monoisotopic (exact) mass is 479 g/mol. The minimum atomic E-state index is -0.512. The van der Waals surface area contributed by atoms with E-state index in [9.17, 15) is 14.4 Å². The highest BCUT2D eigenvalue weighted by Gasteiger charge is 2.13.